The van der Waals surface area contributed by atoms with Crippen LogP contribution in [0.3, 0.4) is 0 Å². The molecule has 156 valence electrons. The van der Waals surface area contributed by atoms with E-state index in [2.05, 4.69) is 16.0 Å². The molecule has 7 heteroatoms. The average Bonchev–Trinajstić information content (AvgIpc) is 3.27. The van der Waals surface area contributed by atoms with Crippen LogP contribution in [0.2, 0.25) is 0 Å². The van der Waals surface area contributed by atoms with E-state index < -0.39 is 0 Å². The SMILES string of the molecule is COc1ccc([C@@H]2c3cccn3CCN2C(=O)Nc2cccc(OC)c2OC)cc1. The molecule has 0 unspecified atom stereocenters. The van der Waals surface area contributed by atoms with Gasteiger partial charge >= 0.3 is 6.03 Å². The highest BCUT2D eigenvalue weighted by Gasteiger charge is 2.32. The molecule has 2 aromatic carbocycles. The lowest BCUT2D eigenvalue weighted by Crippen LogP contribution is -2.44. The van der Waals surface area contributed by atoms with Crippen molar-refractivity contribution < 1.29 is 19.0 Å². The van der Waals surface area contributed by atoms with Gasteiger partial charge in [-0.1, -0.05) is 18.2 Å². The fourth-order valence-electron chi connectivity index (χ4n) is 3.91. The van der Waals surface area contributed by atoms with Gasteiger partial charge in [0.1, 0.15) is 5.75 Å². The molecule has 1 aromatic heterocycles. The topological polar surface area (TPSA) is 65.0 Å². The Balaban J connectivity index is 1.67. The molecule has 0 radical (unpaired) electrons. The first-order valence-corrected chi connectivity index (χ1v) is 9.74. The van der Waals surface area contributed by atoms with E-state index in [9.17, 15) is 4.79 Å². The van der Waals surface area contributed by atoms with Gasteiger partial charge in [0, 0.05) is 25.0 Å². The Bertz CT molecular complexity index is 1030. The van der Waals surface area contributed by atoms with E-state index in [0.717, 1.165) is 23.6 Å². The van der Waals surface area contributed by atoms with E-state index in [1.54, 1.807) is 33.5 Å². The van der Waals surface area contributed by atoms with Gasteiger partial charge in [0.25, 0.3) is 0 Å². The van der Waals surface area contributed by atoms with E-state index in [1.165, 1.54) is 0 Å². The van der Waals surface area contributed by atoms with Crippen molar-refractivity contribution in [2.45, 2.75) is 12.6 Å². The Morgan fingerprint density at radius 2 is 1.73 bits per heavy atom. The number of carbonyl (C=O) groups excluding carboxylic acids is 1. The van der Waals surface area contributed by atoms with Gasteiger partial charge in [-0.2, -0.15) is 0 Å². The second-order valence-corrected chi connectivity index (χ2v) is 6.97. The predicted molar refractivity (Wildman–Crippen MR) is 115 cm³/mol. The maximum Gasteiger partial charge on any atom is 0.322 e. The number of para-hydroxylation sites is 1. The van der Waals surface area contributed by atoms with E-state index in [0.29, 0.717) is 23.7 Å². The molecule has 7 nitrogen and oxygen atoms in total. The van der Waals surface area contributed by atoms with Crippen LogP contribution in [0, 0.1) is 0 Å². The third-order valence-electron chi connectivity index (χ3n) is 5.38. The number of amides is 2. The summed E-state index contributed by atoms with van der Waals surface area (Å²) >= 11 is 0. The van der Waals surface area contributed by atoms with Gasteiger partial charge in [-0.25, -0.2) is 4.79 Å². The molecule has 1 aliphatic rings. The van der Waals surface area contributed by atoms with Gasteiger partial charge in [-0.05, 0) is 42.0 Å². The van der Waals surface area contributed by atoms with Gasteiger partial charge in [0.15, 0.2) is 11.5 Å². The van der Waals surface area contributed by atoms with Crippen LogP contribution >= 0.6 is 0 Å². The number of methoxy groups -OCH3 is 3. The van der Waals surface area contributed by atoms with Crippen molar-refractivity contribution in [3.63, 3.8) is 0 Å². The first kappa shape index (κ1) is 19.7. The van der Waals surface area contributed by atoms with Crippen LogP contribution < -0.4 is 19.5 Å². The molecule has 4 rings (SSSR count). The number of urea groups is 1. The number of hydrogen-bond acceptors (Lipinski definition) is 4. The molecule has 3 aromatic rings. The van der Waals surface area contributed by atoms with E-state index in [4.69, 9.17) is 14.2 Å². The van der Waals surface area contributed by atoms with Gasteiger partial charge in [-0.15, -0.1) is 0 Å². The maximum atomic E-state index is 13.4. The lowest BCUT2D eigenvalue weighted by molar-refractivity contribution is 0.181. The molecule has 0 spiro atoms. The molecule has 2 heterocycles. The normalized spacial score (nSPS) is 15.3. The Morgan fingerprint density at radius 3 is 2.43 bits per heavy atom. The molecule has 0 aliphatic carbocycles. The first-order chi connectivity index (χ1) is 14.7. The number of benzene rings is 2. The quantitative estimate of drug-likeness (QED) is 0.690. The highest BCUT2D eigenvalue weighted by molar-refractivity contribution is 5.92. The zero-order valence-electron chi connectivity index (χ0n) is 17.3. The van der Waals surface area contributed by atoms with Crippen molar-refractivity contribution in [1.82, 2.24) is 9.47 Å². The summed E-state index contributed by atoms with van der Waals surface area (Å²) in [5, 5.41) is 3.00. The molecule has 30 heavy (non-hydrogen) atoms. The Hall–Kier alpha value is -3.61. The van der Waals surface area contributed by atoms with Crippen LogP contribution in [-0.4, -0.2) is 43.4 Å². The molecule has 0 saturated heterocycles. The molecule has 1 atom stereocenters. The van der Waals surface area contributed by atoms with E-state index >= 15 is 0 Å². The Morgan fingerprint density at radius 1 is 0.933 bits per heavy atom. The lowest BCUT2D eigenvalue weighted by atomic mass is 10.00. The van der Waals surface area contributed by atoms with E-state index in [1.807, 2.05) is 47.5 Å². The minimum absolute atomic E-state index is 0.199. The predicted octanol–water partition coefficient (Wildman–Crippen LogP) is 4.15. The molecular formula is C23H25N3O4. The summed E-state index contributed by atoms with van der Waals surface area (Å²) in [4.78, 5) is 15.2. The summed E-state index contributed by atoms with van der Waals surface area (Å²) in [5.41, 5.74) is 2.65. The molecule has 0 bridgehead atoms. The standard InChI is InChI=1S/C23H25N3O4/c1-28-17-11-9-16(10-12-17)21-19-7-5-13-25(19)14-15-26(21)23(27)24-18-6-4-8-20(29-2)22(18)30-3/h4-13,21H,14-15H2,1-3H3,(H,24,27)/t21-/m1/s1. The fraction of sp³-hybridized carbons (Fsp3) is 0.261. The van der Waals surface area contributed by atoms with Gasteiger partial charge < -0.3 is 29.0 Å². The van der Waals surface area contributed by atoms with Crippen molar-refractivity contribution in [2.75, 3.05) is 33.2 Å². The Kier molecular flexibility index (Phi) is 5.52. The summed E-state index contributed by atoms with van der Waals surface area (Å²) < 4.78 is 18.3. The molecular weight excluding hydrogens is 382 g/mol. The van der Waals surface area contributed by atoms with Crippen LogP contribution in [0.25, 0.3) is 0 Å². The zero-order valence-corrected chi connectivity index (χ0v) is 17.3. The third kappa shape index (κ3) is 3.54. The number of rotatable bonds is 5. The minimum Gasteiger partial charge on any atom is -0.497 e. The highest BCUT2D eigenvalue weighted by atomic mass is 16.5. The third-order valence-corrected chi connectivity index (χ3v) is 5.38. The summed E-state index contributed by atoms with van der Waals surface area (Å²) in [5.74, 6) is 1.84. The number of aromatic nitrogens is 1. The monoisotopic (exact) mass is 407 g/mol. The molecule has 1 N–H and O–H groups in total. The lowest BCUT2D eigenvalue weighted by Gasteiger charge is -2.37. The van der Waals surface area contributed by atoms with Gasteiger partial charge in [0.2, 0.25) is 0 Å². The van der Waals surface area contributed by atoms with Gasteiger partial charge in [0.05, 0.1) is 33.1 Å². The number of ether oxygens (including phenoxy) is 3. The van der Waals surface area contributed by atoms with Gasteiger partial charge in [-0.3, -0.25) is 0 Å². The van der Waals surface area contributed by atoms with Crippen LogP contribution in [-0.2, 0) is 6.54 Å². The summed E-state index contributed by atoms with van der Waals surface area (Å²) in [6, 6.07) is 16.9. The van der Waals surface area contributed by atoms with Crippen LogP contribution in [0.1, 0.15) is 17.3 Å². The molecule has 0 fully saturated rings. The summed E-state index contributed by atoms with van der Waals surface area (Å²) in [6.07, 6.45) is 2.05. The molecule has 0 saturated carbocycles. The van der Waals surface area contributed by atoms with Crippen molar-refractivity contribution in [3.8, 4) is 17.2 Å². The number of nitrogens with zero attached hydrogens (tertiary/aromatic N) is 2. The molecule has 2 amide bonds. The first-order valence-electron chi connectivity index (χ1n) is 9.74. The molecule has 1 aliphatic heterocycles. The number of hydrogen-bond donors (Lipinski definition) is 1. The van der Waals surface area contributed by atoms with Crippen LogP contribution in [0.4, 0.5) is 10.5 Å². The highest BCUT2D eigenvalue weighted by Crippen LogP contribution is 2.37. The van der Waals surface area contributed by atoms with Crippen molar-refractivity contribution in [2.24, 2.45) is 0 Å². The number of nitrogens with one attached hydrogen (secondary N) is 1. The number of anilines is 1. The summed E-state index contributed by atoms with van der Waals surface area (Å²) in [6.45, 7) is 1.31. The van der Waals surface area contributed by atoms with Crippen LogP contribution in [0.15, 0.2) is 60.8 Å². The van der Waals surface area contributed by atoms with Crippen molar-refractivity contribution in [1.29, 1.82) is 0 Å². The maximum absolute atomic E-state index is 13.4. The fourth-order valence-corrected chi connectivity index (χ4v) is 3.91. The average molecular weight is 407 g/mol. The second kappa shape index (κ2) is 8.41. The summed E-state index contributed by atoms with van der Waals surface area (Å²) in [7, 11) is 4.77. The van der Waals surface area contributed by atoms with E-state index in [-0.39, 0.29) is 12.1 Å². The van der Waals surface area contributed by atoms with Crippen molar-refractivity contribution in [3.05, 3.63) is 72.1 Å². The Labute approximate surface area is 175 Å². The van der Waals surface area contributed by atoms with Crippen LogP contribution in [0.5, 0.6) is 17.2 Å². The smallest absolute Gasteiger partial charge is 0.322 e. The largest absolute Gasteiger partial charge is 0.497 e. The number of carbonyl (C=O) groups is 1. The second-order valence-electron chi connectivity index (χ2n) is 6.97. The van der Waals surface area contributed by atoms with Crippen molar-refractivity contribution >= 4 is 11.7 Å². The number of fused-ring (bicyclic) bond motifs is 1. The zero-order chi connectivity index (χ0) is 21.1. The minimum atomic E-state index is -0.212.